The first kappa shape index (κ1) is 26.8. The van der Waals surface area contributed by atoms with E-state index in [1.807, 2.05) is 12.1 Å². The van der Waals surface area contributed by atoms with Crippen molar-refractivity contribution in [3.63, 3.8) is 0 Å². The van der Waals surface area contributed by atoms with Gasteiger partial charge in [-0.25, -0.2) is 0 Å². The van der Waals surface area contributed by atoms with E-state index in [2.05, 4.69) is 169 Å². The minimum atomic E-state index is 0.915. The third-order valence-electron chi connectivity index (χ3n) is 9.82. The van der Waals surface area contributed by atoms with Gasteiger partial charge < -0.3 is 9.32 Å². The summed E-state index contributed by atoms with van der Waals surface area (Å²) in [6.07, 6.45) is 0. The minimum absolute atomic E-state index is 0.915. The number of anilines is 3. The van der Waals surface area contributed by atoms with Gasteiger partial charge in [0.1, 0.15) is 11.2 Å². The number of furan rings is 1. The van der Waals surface area contributed by atoms with Gasteiger partial charge in [-0.3, -0.25) is 0 Å². The number of fused-ring (bicyclic) bond motifs is 10. The normalized spacial score (nSPS) is 11.8. The second kappa shape index (κ2) is 10.6. The number of rotatable bonds is 4. The molecule has 48 heavy (non-hydrogen) atoms. The second-order valence-corrected chi connectivity index (χ2v) is 12.5. The molecule has 0 aliphatic rings. The van der Waals surface area contributed by atoms with Crippen LogP contribution in [-0.4, -0.2) is 0 Å². The fraction of sp³-hybridized carbons (Fsp3) is 0. The Bertz CT molecular complexity index is 2850. The summed E-state index contributed by atoms with van der Waals surface area (Å²) in [6, 6.07) is 63.4. The van der Waals surface area contributed by atoms with Crippen LogP contribution in [0.4, 0.5) is 17.1 Å². The highest BCUT2D eigenvalue weighted by molar-refractivity contribution is 6.23. The predicted molar refractivity (Wildman–Crippen MR) is 204 cm³/mol. The summed E-state index contributed by atoms with van der Waals surface area (Å²) in [4.78, 5) is 2.43. The van der Waals surface area contributed by atoms with Crippen LogP contribution in [0.5, 0.6) is 0 Å². The fourth-order valence-corrected chi connectivity index (χ4v) is 7.62. The lowest BCUT2D eigenvalue weighted by Crippen LogP contribution is -2.11. The molecule has 0 atom stereocenters. The summed E-state index contributed by atoms with van der Waals surface area (Å²) < 4.78 is 6.43. The molecule has 0 N–H and O–H groups in total. The fourth-order valence-electron chi connectivity index (χ4n) is 7.62. The predicted octanol–water partition coefficient (Wildman–Crippen LogP) is 13.3. The monoisotopic (exact) mass is 611 g/mol. The summed E-state index contributed by atoms with van der Waals surface area (Å²) in [5.41, 5.74) is 7.55. The molecule has 2 nitrogen and oxygen atoms in total. The highest BCUT2D eigenvalue weighted by Gasteiger charge is 2.21. The summed E-state index contributed by atoms with van der Waals surface area (Å²) in [6.45, 7) is 0. The van der Waals surface area contributed by atoms with E-state index in [-0.39, 0.29) is 0 Å². The minimum Gasteiger partial charge on any atom is -0.455 e. The van der Waals surface area contributed by atoms with Crippen molar-refractivity contribution in [2.24, 2.45) is 0 Å². The van der Waals surface area contributed by atoms with Gasteiger partial charge in [0.15, 0.2) is 0 Å². The lowest BCUT2D eigenvalue weighted by atomic mass is 9.95. The first-order valence-corrected chi connectivity index (χ1v) is 16.4. The van der Waals surface area contributed by atoms with E-state index < -0.39 is 0 Å². The van der Waals surface area contributed by atoms with Crippen LogP contribution in [-0.2, 0) is 0 Å². The molecular formula is C46H29NO. The van der Waals surface area contributed by atoms with Gasteiger partial charge in [-0.15, -0.1) is 0 Å². The highest BCUT2D eigenvalue weighted by Crippen LogP contribution is 2.46. The van der Waals surface area contributed by atoms with E-state index in [0.717, 1.165) is 49.8 Å². The summed E-state index contributed by atoms with van der Waals surface area (Å²) >= 11 is 0. The average molecular weight is 612 g/mol. The van der Waals surface area contributed by atoms with Crippen molar-refractivity contribution in [2.45, 2.75) is 0 Å². The molecule has 224 valence electrons. The molecule has 0 spiro atoms. The number of nitrogens with zero attached hydrogens (tertiary/aromatic N) is 1. The van der Waals surface area contributed by atoms with Gasteiger partial charge in [0.25, 0.3) is 0 Å². The van der Waals surface area contributed by atoms with Gasteiger partial charge in [0, 0.05) is 32.8 Å². The van der Waals surface area contributed by atoms with Crippen molar-refractivity contribution in [3.8, 4) is 11.1 Å². The van der Waals surface area contributed by atoms with Gasteiger partial charge in [-0.05, 0) is 80.3 Å². The van der Waals surface area contributed by atoms with Crippen molar-refractivity contribution in [3.05, 3.63) is 176 Å². The molecule has 1 aromatic heterocycles. The van der Waals surface area contributed by atoms with E-state index in [0.29, 0.717) is 0 Å². The third kappa shape index (κ3) is 4.06. The van der Waals surface area contributed by atoms with Gasteiger partial charge >= 0.3 is 0 Å². The average Bonchev–Trinajstić information content (AvgIpc) is 3.54. The SMILES string of the molecule is c1ccc(-c2ccccc2N(c2ccc3c(ccc4c5ccccc5oc34)c2)c2cccc3c2ccc2ccc4ccccc4c23)cc1. The Hall–Kier alpha value is -6.38. The van der Waals surface area contributed by atoms with Crippen molar-refractivity contribution >= 4 is 82.1 Å². The first-order valence-electron chi connectivity index (χ1n) is 16.4. The number of benzene rings is 9. The molecule has 10 rings (SSSR count). The molecule has 0 fully saturated rings. The van der Waals surface area contributed by atoms with Crippen LogP contribution in [0.1, 0.15) is 0 Å². The number of para-hydroxylation sites is 2. The largest absolute Gasteiger partial charge is 0.455 e. The maximum absolute atomic E-state index is 6.43. The molecular weight excluding hydrogens is 583 g/mol. The molecule has 9 aromatic carbocycles. The Balaban J connectivity index is 1.27. The quantitative estimate of drug-likeness (QED) is 0.184. The topological polar surface area (TPSA) is 16.4 Å². The standard InChI is InChI=1S/C46H29NO/c1-2-11-30(12-3-1)35-14-6-8-18-42(35)47(34-25-28-37-33(29-34)24-27-41-39-16-7-9-20-44(39)48-46(37)41)43-19-10-17-40-38(43)26-23-32-22-21-31-13-4-5-15-36(31)45(32)40/h1-29H. The zero-order valence-corrected chi connectivity index (χ0v) is 26.1. The van der Waals surface area contributed by atoms with E-state index in [1.165, 1.54) is 43.4 Å². The Morgan fingerprint density at radius 3 is 1.98 bits per heavy atom. The summed E-state index contributed by atoms with van der Waals surface area (Å²) in [5, 5.41) is 12.0. The zero-order chi connectivity index (χ0) is 31.6. The Labute approximate surface area is 277 Å². The second-order valence-electron chi connectivity index (χ2n) is 12.5. The molecule has 0 radical (unpaired) electrons. The molecule has 10 aromatic rings. The maximum Gasteiger partial charge on any atom is 0.143 e. The van der Waals surface area contributed by atoms with Crippen LogP contribution >= 0.6 is 0 Å². The summed E-state index contributed by atoms with van der Waals surface area (Å²) in [5.74, 6) is 0. The Morgan fingerprint density at radius 1 is 0.375 bits per heavy atom. The van der Waals surface area contributed by atoms with Crippen LogP contribution in [0.25, 0.3) is 76.2 Å². The lowest BCUT2D eigenvalue weighted by Gasteiger charge is -2.29. The number of hydrogen-bond donors (Lipinski definition) is 0. The van der Waals surface area contributed by atoms with Crippen LogP contribution in [0.15, 0.2) is 180 Å². The van der Waals surface area contributed by atoms with Crippen molar-refractivity contribution in [2.75, 3.05) is 4.90 Å². The van der Waals surface area contributed by atoms with E-state index in [4.69, 9.17) is 4.42 Å². The molecule has 0 aliphatic carbocycles. The zero-order valence-electron chi connectivity index (χ0n) is 26.1. The van der Waals surface area contributed by atoms with E-state index in [1.54, 1.807) is 0 Å². The molecule has 0 bridgehead atoms. The van der Waals surface area contributed by atoms with Crippen LogP contribution in [0, 0.1) is 0 Å². The van der Waals surface area contributed by atoms with Gasteiger partial charge in [0.2, 0.25) is 0 Å². The Morgan fingerprint density at radius 2 is 1.04 bits per heavy atom. The molecule has 1 heterocycles. The smallest absolute Gasteiger partial charge is 0.143 e. The molecule has 0 unspecified atom stereocenters. The van der Waals surface area contributed by atoms with Crippen LogP contribution in [0.3, 0.4) is 0 Å². The molecule has 0 saturated carbocycles. The molecule has 0 amide bonds. The summed E-state index contributed by atoms with van der Waals surface area (Å²) in [7, 11) is 0. The van der Waals surface area contributed by atoms with Gasteiger partial charge in [-0.2, -0.15) is 0 Å². The maximum atomic E-state index is 6.43. The third-order valence-corrected chi connectivity index (χ3v) is 9.82. The van der Waals surface area contributed by atoms with Gasteiger partial charge in [0.05, 0.1) is 11.4 Å². The van der Waals surface area contributed by atoms with Crippen molar-refractivity contribution < 1.29 is 4.42 Å². The van der Waals surface area contributed by atoms with E-state index in [9.17, 15) is 0 Å². The van der Waals surface area contributed by atoms with E-state index >= 15 is 0 Å². The lowest BCUT2D eigenvalue weighted by molar-refractivity contribution is 0.672. The highest BCUT2D eigenvalue weighted by atomic mass is 16.3. The van der Waals surface area contributed by atoms with Crippen molar-refractivity contribution in [1.29, 1.82) is 0 Å². The number of hydrogen-bond acceptors (Lipinski definition) is 2. The molecule has 0 saturated heterocycles. The first-order chi connectivity index (χ1) is 23.8. The molecule has 0 aliphatic heterocycles. The van der Waals surface area contributed by atoms with Crippen molar-refractivity contribution in [1.82, 2.24) is 0 Å². The van der Waals surface area contributed by atoms with Crippen LogP contribution in [0.2, 0.25) is 0 Å². The van der Waals surface area contributed by atoms with Gasteiger partial charge in [-0.1, -0.05) is 133 Å². The van der Waals surface area contributed by atoms with Crippen LogP contribution < -0.4 is 4.90 Å². The Kier molecular flexibility index (Phi) is 5.91. The molecule has 2 heteroatoms.